The summed E-state index contributed by atoms with van der Waals surface area (Å²) in [5, 5.41) is 16.7. The van der Waals surface area contributed by atoms with Crippen LogP contribution in [0.2, 0.25) is 0 Å². The van der Waals surface area contributed by atoms with E-state index in [2.05, 4.69) is 15.6 Å². The molecule has 0 saturated carbocycles. The summed E-state index contributed by atoms with van der Waals surface area (Å²) in [5.41, 5.74) is 4.02. The lowest BCUT2D eigenvalue weighted by molar-refractivity contribution is -0.198. The Morgan fingerprint density at radius 1 is 0.806 bits per heavy atom. The van der Waals surface area contributed by atoms with Crippen LogP contribution in [-0.2, 0) is 68.6 Å². The zero-order valence-corrected chi connectivity index (χ0v) is 36.9. The Balaban J connectivity index is 0.985. The number of aliphatic hydroxyl groups is 1. The molecule has 20 heteroatoms. The largest absolute Gasteiger partial charge is 0.391 e. The number of imide groups is 1. The number of nitrogens with one attached hydrogen (secondary N) is 2. The quantitative estimate of drug-likeness (QED) is 0.0816. The number of likely N-dealkylation sites (tertiary alicyclic amines) is 1. The summed E-state index contributed by atoms with van der Waals surface area (Å²) in [4.78, 5) is 86.3. The Morgan fingerprint density at radius 3 is 1.82 bits per heavy atom. The van der Waals surface area contributed by atoms with Crippen LogP contribution >= 0.6 is 11.3 Å². The van der Waals surface area contributed by atoms with Gasteiger partial charge in [-0.1, -0.05) is 45.0 Å². The standard InChI is InChI=1S/C42H61N5O14S/c1-29-38(62-28-44-29)31-7-5-30(6-8-31)26-43-40(53)33-25-32(48)27-46(33)41(54)39(42(2,3)4)45-34(49)11-13-55-15-17-57-19-21-59-23-24-60-22-20-58-18-16-56-14-12-37(52)61-47-35(50)9-10-36(47)51/h5-8,28,32-33,39,48H,9-27H2,1-4H3,(H,43,53)(H,45,49)/t32-,33+,39?/m1/s1. The minimum atomic E-state index is -0.935. The maximum absolute atomic E-state index is 13.9. The lowest BCUT2D eigenvalue weighted by Crippen LogP contribution is -2.57. The molecule has 2 aliphatic rings. The van der Waals surface area contributed by atoms with Crippen molar-refractivity contribution in [1.82, 2.24) is 25.6 Å². The van der Waals surface area contributed by atoms with E-state index < -0.39 is 47.3 Å². The maximum atomic E-state index is 13.9. The van der Waals surface area contributed by atoms with E-state index in [1.807, 2.05) is 52.0 Å². The van der Waals surface area contributed by atoms with Crippen molar-refractivity contribution in [2.75, 3.05) is 85.8 Å². The van der Waals surface area contributed by atoms with Gasteiger partial charge < -0.3 is 53.9 Å². The molecule has 3 atom stereocenters. The van der Waals surface area contributed by atoms with Gasteiger partial charge in [-0.3, -0.25) is 24.0 Å². The van der Waals surface area contributed by atoms with Crippen LogP contribution < -0.4 is 10.6 Å². The number of hydroxylamine groups is 2. The first-order valence-electron chi connectivity index (χ1n) is 20.8. The average molecular weight is 892 g/mol. The molecule has 19 nitrogen and oxygen atoms in total. The van der Waals surface area contributed by atoms with Crippen LogP contribution in [0.25, 0.3) is 10.4 Å². The second kappa shape index (κ2) is 26.3. The first-order valence-corrected chi connectivity index (χ1v) is 21.7. The van der Waals surface area contributed by atoms with Crippen molar-refractivity contribution in [3.8, 4) is 10.4 Å². The third-order valence-corrected chi connectivity index (χ3v) is 10.7. The first-order chi connectivity index (χ1) is 29.7. The number of aryl methyl sites for hydroxylation is 1. The molecule has 0 radical (unpaired) electrons. The highest BCUT2D eigenvalue weighted by atomic mass is 32.1. The Hall–Kier alpha value is -4.41. The van der Waals surface area contributed by atoms with Crippen molar-refractivity contribution < 1.29 is 67.1 Å². The predicted octanol–water partition coefficient (Wildman–Crippen LogP) is 1.71. The molecule has 2 fully saturated rings. The van der Waals surface area contributed by atoms with Gasteiger partial charge in [0.05, 0.1) is 108 Å². The number of aromatic nitrogens is 1. The van der Waals surface area contributed by atoms with Gasteiger partial charge in [-0.2, -0.15) is 0 Å². The molecule has 1 unspecified atom stereocenters. The molecule has 0 bridgehead atoms. The van der Waals surface area contributed by atoms with E-state index in [9.17, 15) is 33.9 Å². The van der Waals surface area contributed by atoms with E-state index in [4.69, 9.17) is 33.3 Å². The zero-order valence-electron chi connectivity index (χ0n) is 36.1. The van der Waals surface area contributed by atoms with Crippen molar-refractivity contribution in [2.45, 2.75) is 84.5 Å². The third-order valence-electron chi connectivity index (χ3n) is 9.69. The van der Waals surface area contributed by atoms with Crippen LogP contribution in [-0.4, -0.2) is 160 Å². The fraction of sp³-hybridized carbons (Fsp3) is 0.643. The summed E-state index contributed by atoms with van der Waals surface area (Å²) in [6.07, 6.45) is -0.772. The van der Waals surface area contributed by atoms with Crippen molar-refractivity contribution in [3.63, 3.8) is 0 Å². The highest BCUT2D eigenvalue weighted by molar-refractivity contribution is 7.13. The molecule has 344 valence electrons. The van der Waals surface area contributed by atoms with Crippen LogP contribution in [0.1, 0.15) is 64.1 Å². The van der Waals surface area contributed by atoms with E-state index in [1.165, 1.54) is 4.90 Å². The van der Waals surface area contributed by atoms with Crippen LogP contribution in [0.15, 0.2) is 29.8 Å². The van der Waals surface area contributed by atoms with Crippen molar-refractivity contribution in [3.05, 3.63) is 41.0 Å². The van der Waals surface area contributed by atoms with Crippen molar-refractivity contribution in [1.29, 1.82) is 0 Å². The Kier molecular flexibility index (Phi) is 21.3. The van der Waals surface area contributed by atoms with Gasteiger partial charge in [-0.05, 0) is 23.5 Å². The Bertz CT molecular complexity index is 1740. The van der Waals surface area contributed by atoms with Gasteiger partial charge >= 0.3 is 5.97 Å². The van der Waals surface area contributed by atoms with E-state index in [-0.39, 0.29) is 83.4 Å². The highest BCUT2D eigenvalue weighted by Gasteiger charge is 2.44. The zero-order chi connectivity index (χ0) is 44.9. The maximum Gasteiger partial charge on any atom is 0.335 e. The molecular formula is C42H61N5O14S. The van der Waals surface area contributed by atoms with Gasteiger partial charge in [0.2, 0.25) is 17.7 Å². The number of hydrogen-bond donors (Lipinski definition) is 3. The number of carbonyl (C=O) groups is 6. The van der Waals surface area contributed by atoms with Crippen LogP contribution in [0.3, 0.4) is 0 Å². The lowest BCUT2D eigenvalue weighted by Gasteiger charge is -2.35. The molecule has 1 aromatic heterocycles. The van der Waals surface area contributed by atoms with Gasteiger partial charge in [0.1, 0.15) is 12.1 Å². The number of thiazole rings is 1. The second-order valence-electron chi connectivity index (χ2n) is 15.7. The number of hydrogen-bond acceptors (Lipinski definition) is 16. The molecule has 3 N–H and O–H groups in total. The number of amides is 5. The molecule has 1 aromatic carbocycles. The summed E-state index contributed by atoms with van der Waals surface area (Å²) >= 11 is 1.57. The number of β-amino-alcohol motifs (C(OH)–C–C–N with tert-alkyl or cyclic N) is 1. The van der Waals surface area contributed by atoms with Crippen LogP contribution in [0, 0.1) is 12.3 Å². The summed E-state index contributed by atoms with van der Waals surface area (Å²) < 4.78 is 32.7. The monoisotopic (exact) mass is 891 g/mol. The van der Waals surface area contributed by atoms with Gasteiger partial charge in [0.15, 0.2) is 0 Å². The van der Waals surface area contributed by atoms with Crippen LogP contribution in [0.4, 0.5) is 0 Å². The predicted molar refractivity (Wildman–Crippen MR) is 223 cm³/mol. The van der Waals surface area contributed by atoms with Crippen LogP contribution in [0.5, 0.6) is 0 Å². The summed E-state index contributed by atoms with van der Waals surface area (Å²) in [6.45, 7) is 11.2. The smallest absolute Gasteiger partial charge is 0.335 e. The van der Waals surface area contributed by atoms with Gasteiger partial charge in [-0.25, -0.2) is 9.78 Å². The topological polar surface area (TPSA) is 231 Å². The molecule has 0 spiro atoms. The number of nitrogens with zero attached hydrogens (tertiary/aromatic N) is 3. The highest BCUT2D eigenvalue weighted by Crippen LogP contribution is 2.28. The third kappa shape index (κ3) is 17.0. The molecule has 4 rings (SSSR count). The number of ether oxygens (including phenoxy) is 6. The number of aliphatic hydroxyl groups excluding tert-OH is 1. The minimum Gasteiger partial charge on any atom is -0.391 e. The van der Waals surface area contributed by atoms with Gasteiger partial charge in [0.25, 0.3) is 11.8 Å². The number of rotatable bonds is 28. The minimum absolute atomic E-state index is 0.0122. The van der Waals surface area contributed by atoms with E-state index >= 15 is 0 Å². The summed E-state index contributed by atoms with van der Waals surface area (Å²) in [5.74, 6) is -2.96. The van der Waals surface area contributed by atoms with Gasteiger partial charge in [-0.15, -0.1) is 16.4 Å². The fourth-order valence-electron chi connectivity index (χ4n) is 6.34. The van der Waals surface area contributed by atoms with Gasteiger partial charge in [0, 0.05) is 38.8 Å². The molecule has 5 amide bonds. The van der Waals surface area contributed by atoms with E-state index in [1.54, 1.807) is 16.8 Å². The van der Waals surface area contributed by atoms with Crippen molar-refractivity contribution >= 4 is 46.8 Å². The number of carbonyl (C=O) groups excluding carboxylic acids is 6. The fourth-order valence-corrected chi connectivity index (χ4v) is 7.15. The molecule has 3 heterocycles. The van der Waals surface area contributed by atoms with E-state index in [0.717, 1.165) is 21.7 Å². The molecule has 2 saturated heterocycles. The van der Waals surface area contributed by atoms with E-state index in [0.29, 0.717) is 57.9 Å². The molecule has 0 aliphatic carbocycles. The molecular weight excluding hydrogens is 831 g/mol. The Labute approximate surface area is 366 Å². The average Bonchev–Trinajstić information content (AvgIpc) is 3.95. The first kappa shape index (κ1) is 50.2. The summed E-state index contributed by atoms with van der Waals surface area (Å²) in [7, 11) is 0. The number of benzene rings is 1. The lowest BCUT2D eigenvalue weighted by atomic mass is 9.85. The molecule has 62 heavy (non-hydrogen) atoms. The van der Waals surface area contributed by atoms with Crippen molar-refractivity contribution in [2.24, 2.45) is 5.41 Å². The summed E-state index contributed by atoms with van der Waals surface area (Å²) in [6, 6.07) is 6.03. The Morgan fingerprint density at radius 2 is 1.32 bits per heavy atom. The SMILES string of the molecule is Cc1ncsc1-c1ccc(CNC(=O)[C@@H]2C[C@@H](O)CN2C(=O)C(NC(=O)CCOCCOCCOCCOCCOCCOCCC(=O)ON2C(=O)CCC2=O)C(C)(C)C)cc1. The molecule has 2 aliphatic heterocycles. The molecule has 2 aromatic rings. The normalized spacial score (nSPS) is 17.1. The second-order valence-corrected chi connectivity index (χ2v) is 16.5.